The van der Waals surface area contributed by atoms with E-state index in [-0.39, 0.29) is 8.03 Å². The molecule has 0 aromatic rings. The monoisotopic (exact) mass is 182 g/mol. The zero-order valence-electron chi connectivity index (χ0n) is 6.73. The normalized spacial score (nSPS) is 32.4. The van der Waals surface area contributed by atoms with Gasteiger partial charge in [-0.25, -0.2) is 4.67 Å². The van der Waals surface area contributed by atoms with Gasteiger partial charge in [0.15, 0.2) is 0 Å². The van der Waals surface area contributed by atoms with Crippen molar-refractivity contribution in [3.63, 3.8) is 0 Å². The van der Waals surface area contributed by atoms with E-state index in [4.69, 9.17) is 9.63 Å². The van der Waals surface area contributed by atoms with Gasteiger partial charge >= 0.3 is 7.67 Å². The predicted molar refractivity (Wildman–Crippen MR) is 43.2 cm³/mol. The zero-order chi connectivity index (χ0) is 8.48. The summed E-state index contributed by atoms with van der Waals surface area (Å²) in [5.41, 5.74) is 0. The summed E-state index contributed by atoms with van der Waals surface area (Å²) in [6.45, 7) is 0.784. The third-order valence-corrected chi connectivity index (χ3v) is 4.19. The van der Waals surface area contributed by atoms with E-state index in [0.29, 0.717) is 13.3 Å². The maximum atomic E-state index is 11.6. The minimum Gasteiger partial charge on any atom is -0.395 e. The highest BCUT2D eigenvalue weighted by atomic mass is 31.2. The van der Waals surface area contributed by atoms with E-state index < -0.39 is 7.67 Å². The molecule has 0 amide bonds. The van der Waals surface area contributed by atoms with Gasteiger partial charge in [0.05, 0.1) is 6.61 Å². The van der Waals surface area contributed by atoms with Crippen LogP contribution in [-0.4, -0.2) is 48.4 Å². The minimum atomic E-state index is -2.68. The van der Waals surface area contributed by atoms with Gasteiger partial charge in [-0.05, 0) is 14.1 Å². The Kier molecular flexibility index (Phi) is 2.67. The summed E-state index contributed by atoms with van der Waals surface area (Å²) < 4.78 is 19.7. The van der Waals surface area contributed by atoms with Crippen molar-refractivity contribution in [1.29, 1.82) is 0 Å². The first-order chi connectivity index (χ1) is 5.11. The number of hydrogen-bond acceptors (Lipinski definition) is 3. The van der Waals surface area contributed by atoms with Crippen LogP contribution in [0.1, 0.15) is 1.43 Å². The Balaban J connectivity index is 0.00000121. The van der Waals surface area contributed by atoms with Gasteiger partial charge < -0.3 is 5.11 Å². The van der Waals surface area contributed by atoms with Crippen LogP contribution in [0.4, 0.5) is 0 Å². The van der Waals surface area contributed by atoms with Gasteiger partial charge in [-0.1, -0.05) is 0 Å². The highest BCUT2D eigenvalue weighted by molar-refractivity contribution is 7.55. The smallest absolute Gasteiger partial charge is 0.348 e. The van der Waals surface area contributed by atoms with Crippen molar-refractivity contribution >= 4 is 7.67 Å². The number of hydrogen-bond donors (Lipinski definition) is 1. The Morgan fingerprint density at radius 3 is 2.82 bits per heavy atom. The molecule has 0 aromatic carbocycles. The maximum absolute atomic E-state index is 11.6. The molecule has 1 N–H and O–H groups in total. The van der Waals surface area contributed by atoms with Gasteiger partial charge in [-0.15, -0.1) is 0 Å². The van der Waals surface area contributed by atoms with Crippen molar-refractivity contribution in [2.24, 2.45) is 0 Å². The lowest BCUT2D eigenvalue weighted by atomic mass is 10.7. The lowest BCUT2D eigenvalue weighted by molar-refractivity contribution is 0.0839. The summed E-state index contributed by atoms with van der Waals surface area (Å²) in [5.74, 6) is 0. The molecule has 1 aliphatic heterocycles. The van der Waals surface area contributed by atoms with Gasteiger partial charge in [0.25, 0.3) is 0 Å². The van der Waals surface area contributed by atoms with E-state index >= 15 is 0 Å². The molecule has 1 fully saturated rings. The largest absolute Gasteiger partial charge is 0.395 e. The van der Waals surface area contributed by atoms with Crippen molar-refractivity contribution < 1.29 is 15.6 Å². The molecule has 6 heteroatoms. The number of aliphatic hydroxyl groups is 1. The predicted octanol–water partition coefficient (Wildman–Crippen LogP) is 0.184. The van der Waals surface area contributed by atoms with Gasteiger partial charge in [0.2, 0.25) is 0 Å². The minimum absolute atomic E-state index is 0. The Bertz CT molecular complexity index is 192. The molecular weight excluding hydrogens is 167 g/mol. The molecule has 0 aromatic heterocycles. The second kappa shape index (κ2) is 3.21. The molecule has 11 heavy (non-hydrogen) atoms. The van der Waals surface area contributed by atoms with Crippen LogP contribution in [0, 0.1) is 0 Å². The summed E-state index contributed by atoms with van der Waals surface area (Å²) in [4.78, 5) is 0. The summed E-state index contributed by atoms with van der Waals surface area (Å²) in [6, 6.07) is 0. The molecule has 1 rings (SSSR count). The van der Waals surface area contributed by atoms with Crippen LogP contribution < -0.4 is 0 Å². The molecule has 0 aliphatic carbocycles. The summed E-state index contributed by atoms with van der Waals surface area (Å²) in [6.07, 6.45) is 0. The molecule has 0 spiro atoms. The fraction of sp³-hybridized carbons (Fsp3) is 1.00. The molecule has 68 valence electrons. The second-order valence-electron chi connectivity index (χ2n) is 2.51. The van der Waals surface area contributed by atoms with Crippen LogP contribution in [-0.2, 0) is 9.09 Å². The molecule has 0 radical (unpaired) electrons. The Morgan fingerprint density at radius 1 is 1.91 bits per heavy atom. The van der Waals surface area contributed by atoms with E-state index in [2.05, 4.69) is 0 Å². The second-order valence-corrected chi connectivity index (χ2v) is 5.12. The van der Waals surface area contributed by atoms with Crippen LogP contribution in [0.15, 0.2) is 0 Å². The summed E-state index contributed by atoms with van der Waals surface area (Å²) in [5, 5.41) is 8.57. The lowest BCUT2D eigenvalue weighted by Crippen LogP contribution is -2.39. The third kappa shape index (κ3) is 1.48. The van der Waals surface area contributed by atoms with Crippen molar-refractivity contribution in [2.75, 3.05) is 34.0 Å². The lowest BCUT2D eigenvalue weighted by Gasteiger charge is -2.41. The van der Waals surface area contributed by atoms with E-state index in [1.54, 1.807) is 18.8 Å². The average Bonchev–Trinajstić information content (AvgIpc) is 2.01. The highest BCUT2D eigenvalue weighted by Crippen LogP contribution is 2.59. The molecule has 0 saturated carbocycles. The number of aliphatic hydroxyl groups excluding tert-OH is 1. The van der Waals surface area contributed by atoms with E-state index in [1.165, 1.54) is 4.67 Å². The fourth-order valence-electron chi connectivity index (χ4n) is 0.902. The standard InChI is InChI=1S/C5H13N2O3P.H2/c1-6(3-4-8)11(9)7(2)5-10-11;/h8H,3-5H2,1-2H3;1H. The molecule has 1 aliphatic rings. The Hall–Kier alpha value is 0.0700. The Morgan fingerprint density at radius 2 is 2.55 bits per heavy atom. The Labute approximate surface area is 67.6 Å². The number of nitrogens with zero attached hydrogens (tertiary/aromatic N) is 2. The van der Waals surface area contributed by atoms with Crippen molar-refractivity contribution in [3.8, 4) is 0 Å². The molecular formula is C5H15N2O3P. The fourth-order valence-corrected chi connectivity index (χ4v) is 2.51. The van der Waals surface area contributed by atoms with Gasteiger partial charge in [0.1, 0.15) is 6.73 Å². The van der Waals surface area contributed by atoms with Crippen LogP contribution in [0.2, 0.25) is 0 Å². The van der Waals surface area contributed by atoms with Gasteiger partial charge in [0, 0.05) is 7.97 Å². The third-order valence-electron chi connectivity index (χ3n) is 1.70. The molecule has 0 bridgehead atoms. The molecule has 1 saturated heterocycles. The SMILES string of the molecule is CN(CCO)P1(=O)OCN1C.[HH]. The number of likely N-dealkylation sites (N-methyl/N-ethyl adjacent to an activating group) is 1. The van der Waals surface area contributed by atoms with Crippen molar-refractivity contribution in [3.05, 3.63) is 0 Å². The average molecular weight is 182 g/mol. The first-order valence-electron chi connectivity index (χ1n) is 3.40. The molecule has 5 nitrogen and oxygen atoms in total. The van der Waals surface area contributed by atoms with Crippen molar-refractivity contribution in [1.82, 2.24) is 9.34 Å². The number of rotatable bonds is 3. The quantitative estimate of drug-likeness (QED) is 0.631. The topological polar surface area (TPSA) is 53.0 Å². The van der Waals surface area contributed by atoms with Crippen LogP contribution in [0.3, 0.4) is 0 Å². The van der Waals surface area contributed by atoms with E-state index in [9.17, 15) is 4.57 Å². The van der Waals surface area contributed by atoms with Gasteiger partial charge in [-0.3, -0.25) is 9.09 Å². The highest BCUT2D eigenvalue weighted by Gasteiger charge is 2.42. The van der Waals surface area contributed by atoms with Crippen LogP contribution in [0.25, 0.3) is 0 Å². The van der Waals surface area contributed by atoms with Gasteiger partial charge in [-0.2, -0.15) is 4.67 Å². The van der Waals surface area contributed by atoms with E-state index in [1.807, 2.05) is 0 Å². The summed E-state index contributed by atoms with van der Waals surface area (Å²) in [7, 11) is 0.723. The maximum Gasteiger partial charge on any atom is 0.348 e. The first-order valence-corrected chi connectivity index (χ1v) is 4.93. The van der Waals surface area contributed by atoms with E-state index in [0.717, 1.165) is 0 Å². The summed E-state index contributed by atoms with van der Waals surface area (Å²) >= 11 is 0. The van der Waals surface area contributed by atoms with Crippen molar-refractivity contribution in [2.45, 2.75) is 0 Å². The van der Waals surface area contributed by atoms with Crippen LogP contribution >= 0.6 is 7.67 Å². The zero-order valence-corrected chi connectivity index (χ0v) is 7.62. The molecule has 1 atom stereocenters. The molecule has 1 heterocycles. The van der Waals surface area contributed by atoms with Crippen LogP contribution in [0.5, 0.6) is 0 Å². The first kappa shape index (κ1) is 9.16. The molecule has 1 unspecified atom stereocenters.